The zero-order valence-electron chi connectivity index (χ0n) is 9.81. The van der Waals surface area contributed by atoms with Gasteiger partial charge in [0.05, 0.1) is 6.33 Å². The molecule has 1 atom stereocenters. The van der Waals surface area contributed by atoms with Gasteiger partial charge in [-0.3, -0.25) is 0 Å². The summed E-state index contributed by atoms with van der Waals surface area (Å²) in [5.41, 5.74) is 1.28. The van der Waals surface area contributed by atoms with E-state index in [9.17, 15) is 0 Å². The van der Waals surface area contributed by atoms with Crippen molar-refractivity contribution in [2.75, 3.05) is 0 Å². The molecule has 0 saturated carbocycles. The third-order valence-corrected chi connectivity index (χ3v) is 3.42. The molecule has 0 fully saturated rings. The molecule has 1 heterocycles. The fourth-order valence-corrected chi connectivity index (χ4v) is 2.13. The largest absolute Gasteiger partial charge is 0.336 e. The molecule has 2 rings (SSSR count). The Morgan fingerprint density at radius 3 is 2.94 bits per heavy atom. The van der Waals surface area contributed by atoms with Crippen molar-refractivity contribution in [3.63, 3.8) is 0 Å². The number of hydrogen-bond donors (Lipinski definition) is 1. The van der Waals surface area contributed by atoms with Gasteiger partial charge in [0.25, 0.3) is 0 Å². The van der Waals surface area contributed by atoms with E-state index >= 15 is 0 Å². The molecular formula is C13H16BrN3. The third kappa shape index (κ3) is 3.68. The second-order valence-corrected chi connectivity index (χ2v) is 4.99. The van der Waals surface area contributed by atoms with Crippen LogP contribution in [0.15, 0.2) is 47.5 Å². The van der Waals surface area contributed by atoms with Gasteiger partial charge in [-0.2, -0.15) is 0 Å². The van der Waals surface area contributed by atoms with Crippen LogP contribution in [0.25, 0.3) is 0 Å². The van der Waals surface area contributed by atoms with E-state index in [1.54, 1.807) is 6.20 Å². The predicted molar refractivity (Wildman–Crippen MR) is 72.7 cm³/mol. The van der Waals surface area contributed by atoms with Gasteiger partial charge in [-0.15, -0.1) is 0 Å². The number of aromatic nitrogens is 2. The molecule has 17 heavy (non-hydrogen) atoms. The smallest absolute Gasteiger partial charge is 0.0946 e. The molecule has 2 aromatic rings. The van der Waals surface area contributed by atoms with Crippen LogP contribution in [0.2, 0.25) is 0 Å². The van der Waals surface area contributed by atoms with Gasteiger partial charge in [0.2, 0.25) is 0 Å². The first-order valence-corrected chi connectivity index (χ1v) is 6.47. The molecule has 1 unspecified atom stereocenters. The molecule has 0 saturated heterocycles. The molecule has 0 aliphatic heterocycles. The summed E-state index contributed by atoms with van der Waals surface area (Å²) in [6.07, 6.45) is 5.63. The lowest BCUT2D eigenvalue weighted by atomic mass is 10.2. The Kier molecular flexibility index (Phi) is 4.34. The first-order chi connectivity index (χ1) is 8.25. The number of nitrogens with zero attached hydrogens (tertiary/aromatic N) is 2. The van der Waals surface area contributed by atoms with E-state index in [1.807, 2.05) is 18.6 Å². The Bertz CT molecular complexity index is 453. The average Bonchev–Trinajstić information content (AvgIpc) is 2.81. The Hall–Kier alpha value is -1.13. The van der Waals surface area contributed by atoms with E-state index in [2.05, 4.69) is 55.9 Å². The topological polar surface area (TPSA) is 29.9 Å². The quantitative estimate of drug-likeness (QED) is 0.919. The maximum absolute atomic E-state index is 4.04. The van der Waals surface area contributed by atoms with Gasteiger partial charge in [0.15, 0.2) is 0 Å². The highest BCUT2D eigenvalue weighted by atomic mass is 79.9. The molecule has 3 nitrogen and oxygen atoms in total. The number of rotatable bonds is 5. The summed E-state index contributed by atoms with van der Waals surface area (Å²) in [6.45, 7) is 3.98. The molecule has 0 amide bonds. The molecule has 90 valence electrons. The van der Waals surface area contributed by atoms with Gasteiger partial charge < -0.3 is 9.88 Å². The number of halogens is 1. The van der Waals surface area contributed by atoms with Gasteiger partial charge in [-0.25, -0.2) is 4.98 Å². The van der Waals surface area contributed by atoms with Crippen LogP contribution >= 0.6 is 15.9 Å². The number of hydrogen-bond acceptors (Lipinski definition) is 2. The maximum atomic E-state index is 4.04. The highest BCUT2D eigenvalue weighted by molar-refractivity contribution is 9.10. The molecule has 1 aromatic carbocycles. The fourth-order valence-electron chi connectivity index (χ4n) is 1.70. The molecule has 1 aromatic heterocycles. The molecule has 1 N–H and O–H groups in total. The monoisotopic (exact) mass is 293 g/mol. The van der Waals surface area contributed by atoms with Crippen molar-refractivity contribution < 1.29 is 0 Å². The lowest BCUT2D eigenvalue weighted by Crippen LogP contribution is -2.29. The first kappa shape index (κ1) is 12.3. The summed E-state index contributed by atoms with van der Waals surface area (Å²) in [7, 11) is 0. The average molecular weight is 294 g/mol. The van der Waals surface area contributed by atoms with Crippen LogP contribution in [0.1, 0.15) is 12.5 Å². The highest BCUT2D eigenvalue weighted by Gasteiger charge is 2.03. The third-order valence-electron chi connectivity index (χ3n) is 2.64. The summed E-state index contributed by atoms with van der Waals surface area (Å²) >= 11 is 3.55. The van der Waals surface area contributed by atoms with E-state index in [1.165, 1.54) is 5.56 Å². The van der Waals surface area contributed by atoms with Crippen molar-refractivity contribution in [3.05, 3.63) is 53.0 Å². The second-order valence-electron chi connectivity index (χ2n) is 4.13. The standard InChI is InChI=1S/C13H16BrN3/c1-11(9-17-7-6-15-10-17)16-8-12-4-2-3-5-13(12)14/h2-7,10-11,16H,8-9H2,1H3. The van der Waals surface area contributed by atoms with E-state index in [0.29, 0.717) is 6.04 Å². The van der Waals surface area contributed by atoms with Crippen molar-refractivity contribution in [1.82, 2.24) is 14.9 Å². The van der Waals surface area contributed by atoms with Crippen molar-refractivity contribution in [2.45, 2.75) is 26.1 Å². The van der Waals surface area contributed by atoms with Gasteiger partial charge in [0, 0.05) is 36.0 Å². The van der Waals surface area contributed by atoms with Gasteiger partial charge in [-0.05, 0) is 18.6 Å². The zero-order chi connectivity index (χ0) is 12.1. The van der Waals surface area contributed by atoms with E-state index in [0.717, 1.165) is 17.6 Å². The van der Waals surface area contributed by atoms with Gasteiger partial charge >= 0.3 is 0 Å². The molecule has 0 aliphatic carbocycles. The molecule has 0 spiro atoms. The molecule has 0 radical (unpaired) electrons. The fraction of sp³-hybridized carbons (Fsp3) is 0.308. The van der Waals surface area contributed by atoms with Crippen LogP contribution in [-0.4, -0.2) is 15.6 Å². The molecular weight excluding hydrogens is 278 g/mol. The highest BCUT2D eigenvalue weighted by Crippen LogP contribution is 2.15. The van der Waals surface area contributed by atoms with Crippen LogP contribution in [0.4, 0.5) is 0 Å². The number of nitrogens with one attached hydrogen (secondary N) is 1. The lowest BCUT2D eigenvalue weighted by molar-refractivity contribution is 0.475. The Morgan fingerprint density at radius 1 is 1.41 bits per heavy atom. The summed E-state index contributed by atoms with van der Waals surface area (Å²) < 4.78 is 3.24. The normalized spacial score (nSPS) is 12.6. The minimum atomic E-state index is 0.413. The molecule has 4 heteroatoms. The minimum Gasteiger partial charge on any atom is -0.336 e. The Balaban J connectivity index is 1.84. The summed E-state index contributed by atoms with van der Waals surface area (Å²) in [6, 6.07) is 8.69. The van der Waals surface area contributed by atoms with Crippen LogP contribution < -0.4 is 5.32 Å². The lowest BCUT2D eigenvalue weighted by Gasteiger charge is -2.15. The van der Waals surface area contributed by atoms with Crippen LogP contribution in [0.3, 0.4) is 0 Å². The maximum Gasteiger partial charge on any atom is 0.0946 e. The van der Waals surface area contributed by atoms with Crippen molar-refractivity contribution in [3.8, 4) is 0 Å². The second kappa shape index (κ2) is 5.98. The summed E-state index contributed by atoms with van der Waals surface area (Å²) in [5, 5.41) is 3.50. The van der Waals surface area contributed by atoms with E-state index in [-0.39, 0.29) is 0 Å². The zero-order valence-corrected chi connectivity index (χ0v) is 11.4. The van der Waals surface area contributed by atoms with Crippen molar-refractivity contribution in [2.24, 2.45) is 0 Å². The first-order valence-electron chi connectivity index (χ1n) is 5.68. The summed E-state index contributed by atoms with van der Waals surface area (Å²) in [5.74, 6) is 0. The van der Waals surface area contributed by atoms with E-state index < -0.39 is 0 Å². The number of benzene rings is 1. The molecule has 0 bridgehead atoms. The summed E-state index contributed by atoms with van der Waals surface area (Å²) in [4.78, 5) is 4.04. The van der Waals surface area contributed by atoms with Crippen molar-refractivity contribution >= 4 is 15.9 Å². The van der Waals surface area contributed by atoms with Gasteiger partial charge in [0.1, 0.15) is 0 Å². The van der Waals surface area contributed by atoms with Crippen LogP contribution in [0, 0.1) is 0 Å². The van der Waals surface area contributed by atoms with Crippen LogP contribution in [-0.2, 0) is 13.1 Å². The van der Waals surface area contributed by atoms with Gasteiger partial charge in [-0.1, -0.05) is 34.1 Å². The SMILES string of the molecule is CC(Cn1ccnc1)NCc1ccccc1Br. The van der Waals surface area contributed by atoms with Crippen LogP contribution in [0.5, 0.6) is 0 Å². The minimum absolute atomic E-state index is 0.413. The predicted octanol–water partition coefficient (Wildman–Crippen LogP) is 2.82. The Morgan fingerprint density at radius 2 is 2.24 bits per heavy atom. The van der Waals surface area contributed by atoms with Crippen molar-refractivity contribution in [1.29, 1.82) is 0 Å². The number of imidazole rings is 1. The Labute approximate surface area is 110 Å². The van der Waals surface area contributed by atoms with E-state index in [4.69, 9.17) is 0 Å². The molecule has 0 aliphatic rings.